The fourth-order valence-corrected chi connectivity index (χ4v) is 2.75. The molecule has 1 aliphatic rings. The van der Waals surface area contributed by atoms with E-state index in [1.165, 1.54) is 10.5 Å². The molecule has 1 aliphatic heterocycles. The topological polar surface area (TPSA) is 12.0 Å². The number of likely N-dealkylation sites (N-methyl/N-ethyl adjacent to an activating group) is 1. The van der Waals surface area contributed by atoms with Crippen molar-refractivity contribution in [3.8, 4) is 0 Å². The summed E-state index contributed by atoms with van der Waals surface area (Å²) in [6.07, 6.45) is 0.205. The van der Waals surface area contributed by atoms with Gasteiger partial charge in [-0.05, 0) is 30.7 Å². The van der Waals surface area contributed by atoms with Crippen LogP contribution in [0.25, 0.3) is 0 Å². The summed E-state index contributed by atoms with van der Waals surface area (Å²) in [6.45, 7) is 0.395. The molecule has 0 aliphatic carbocycles. The highest BCUT2D eigenvalue weighted by atomic mass is 32.2. The largest absolute Gasteiger partial charge is 0.317 e. The lowest BCUT2D eigenvalue weighted by molar-refractivity contribution is 0.335. The maximum Gasteiger partial charge on any atom is 0.137 e. The van der Waals surface area contributed by atoms with Gasteiger partial charge in [0.15, 0.2) is 0 Å². The maximum atomic E-state index is 13.5. The van der Waals surface area contributed by atoms with Crippen molar-refractivity contribution >= 4 is 11.8 Å². The van der Waals surface area contributed by atoms with Crippen molar-refractivity contribution in [1.82, 2.24) is 5.32 Å². The number of hydrogen-bond acceptors (Lipinski definition) is 2. The van der Waals surface area contributed by atoms with Gasteiger partial charge in [0.1, 0.15) is 6.17 Å². The van der Waals surface area contributed by atoms with Crippen molar-refractivity contribution in [3.63, 3.8) is 0 Å². The summed E-state index contributed by atoms with van der Waals surface area (Å²) in [5.74, 6) is 1.14. The smallest absolute Gasteiger partial charge is 0.137 e. The molecule has 1 heterocycles. The summed E-state index contributed by atoms with van der Waals surface area (Å²) in [6, 6.07) is 5.96. The van der Waals surface area contributed by atoms with E-state index in [0.717, 1.165) is 17.7 Å². The molecule has 0 amide bonds. The number of nitrogens with one attached hydrogen (secondary N) is 1. The monoisotopic (exact) mass is 211 g/mol. The molecule has 1 N–H and O–H groups in total. The first-order valence-electron chi connectivity index (χ1n) is 4.85. The van der Waals surface area contributed by atoms with E-state index in [-0.39, 0.29) is 0 Å². The Bertz CT molecular complexity index is 327. The number of fused-ring (bicyclic) bond motifs is 1. The summed E-state index contributed by atoms with van der Waals surface area (Å²) in [5, 5.41) is 2.85. The first-order valence-corrected chi connectivity index (χ1v) is 5.84. The minimum Gasteiger partial charge on any atom is -0.317 e. The highest BCUT2D eigenvalue weighted by molar-refractivity contribution is 7.99. The van der Waals surface area contributed by atoms with Gasteiger partial charge in [-0.1, -0.05) is 12.1 Å². The van der Waals surface area contributed by atoms with Crippen LogP contribution in [0.3, 0.4) is 0 Å². The molecule has 0 bridgehead atoms. The Balaban J connectivity index is 2.19. The molecule has 1 atom stereocenters. The van der Waals surface area contributed by atoms with E-state index in [2.05, 4.69) is 5.32 Å². The summed E-state index contributed by atoms with van der Waals surface area (Å²) in [4.78, 5) is 1.32. The number of hydrogen-bond donors (Lipinski definition) is 1. The van der Waals surface area contributed by atoms with Crippen LogP contribution in [0.5, 0.6) is 0 Å². The number of rotatable bonds is 3. The quantitative estimate of drug-likeness (QED) is 0.824. The zero-order valence-corrected chi connectivity index (χ0v) is 9.03. The molecule has 14 heavy (non-hydrogen) atoms. The van der Waals surface area contributed by atoms with Crippen LogP contribution in [-0.2, 0) is 6.42 Å². The second-order valence-electron chi connectivity index (χ2n) is 3.49. The molecule has 1 unspecified atom stereocenters. The summed E-state index contributed by atoms with van der Waals surface area (Å²) < 4.78 is 13.5. The van der Waals surface area contributed by atoms with Crippen molar-refractivity contribution in [1.29, 1.82) is 0 Å². The Morgan fingerprint density at radius 3 is 3.21 bits per heavy atom. The molecule has 2 rings (SSSR count). The predicted molar refractivity (Wildman–Crippen MR) is 58.6 cm³/mol. The summed E-state index contributed by atoms with van der Waals surface area (Å²) in [5.41, 5.74) is 2.12. The van der Waals surface area contributed by atoms with Gasteiger partial charge in [0.2, 0.25) is 0 Å². The van der Waals surface area contributed by atoms with Gasteiger partial charge in [0, 0.05) is 17.2 Å². The Kier molecular flexibility index (Phi) is 3.08. The first-order chi connectivity index (χ1) is 6.81. The van der Waals surface area contributed by atoms with E-state index in [0.29, 0.717) is 6.54 Å². The van der Waals surface area contributed by atoms with Crippen LogP contribution in [0.1, 0.15) is 17.3 Å². The van der Waals surface area contributed by atoms with Gasteiger partial charge in [0.25, 0.3) is 0 Å². The second-order valence-corrected chi connectivity index (χ2v) is 4.63. The van der Waals surface area contributed by atoms with Gasteiger partial charge in [-0.2, -0.15) is 0 Å². The fourth-order valence-electron chi connectivity index (χ4n) is 1.70. The van der Waals surface area contributed by atoms with Crippen LogP contribution in [0.2, 0.25) is 0 Å². The van der Waals surface area contributed by atoms with E-state index >= 15 is 0 Å². The maximum absolute atomic E-state index is 13.5. The Morgan fingerprint density at radius 2 is 2.43 bits per heavy atom. The molecule has 1 aromatic rings. The van der Waals surface area contributed by atoms with Crippen molar-refractivity contribution in [2.45, 2.75) is 17.5 Å². The van der Waals surface area contributed by atoms with E-state index < -0.39 is 6.17 Å². The SMILES string of the molecule is CNCC(F)c1ccc2c(c1)CCS2. The average molecular weight is 211 g/mol. The third-order valence-electron chi connectivity index (χ3n) is 2.46. The van der Waals surface area contributed by atoms with Gasteiger partial charge in [-0.15, -0.1) is 11.8 Å². The van der Waals surface area contributed by atoms with Crippen LogP contribution in [0.4, 0.5) is 4.39 Å². The molecule has 0 radical (unpaired) electrons. The minimum absolute atomic E-state index is 0.395. The van der Waals surface area contributed by atoms with Crippen LogP contribution in [0, 0.1) is 0 Å². The Morgan fingerprint density at radius 1 is 1.57 bits per heavy atom. The molecule has 1 nitrogen and oxygen atoms in total. The summed E-state index contributed by atoms with van der Waals surface area (Å²) in [7, 11) is 1.77. The van der Waals surface area contributed by atoms with Gasteiger partial charge in [-0.3, -0.25) is 0 Å². The molecule has 1 aromatic carbocycles. The number of halogens is 1. The number of benzene rings is 1. The second kappa shape index (κ2) is 4.32. The molecule has 3 heteroatoms. The molecule has 0 aromatic heterocycles. The van der Waals surface area contributed by atoms with Crippen molar-refractivity contribution in [2.75, 3.05) is 19.3 Å². The average Bonchev–Trinajstić information content (AvgIpc) is 2.64. The highest BCUT2D eigenvalue weighted by Crippen LogP contribution is 2.33. The Labute approximate surface area is 88.1 Å². The minimum atomic E-state index is -0.879. The number of thioether (sulfide) groups is 1. The first kappa shape index (κ1) is 9.99. The van der Waals surface area contributed by atoms with Gasteiger partial charge >= 0.3 is 0 Å². The highest BCUT2D eigenvalue weighted by Gasteiger charge is 2.15. The van der Waals surface area contributed by atoms with E-state index in [9.17, 15) is 4.39 Å². The molecular formula is C11H14FNS. The normalized spacial score (nSPS) is 16.7. The third kappa shape index (κ3) is 1.93. The van der Waals surface area contributed by atoms with Crippen LogP contribution >= 0.6 is 11.8 Å². The van der Waals surface area contributed by atoms with Crippen LogP contribution in [-0.4, -0.2) is 19.3 Å². The van der Waals surface area contributed by atoms with E-state index in [1.807, 2.05) is 30.0 Å². The standard InChI is InChI=1S/C11H14FNS/c1-13-7-10(12)8-2-3-11-9(6-8)4-5-14-11/h2-3,6,10,13H,4-5,7H2,1H3. The number of alkyl halides is 1. The zero-order valence-electron chi connectivity index (χ0n) is 8.22. The Hall–Kier alpha value is -0.540. The molecular weight excluding hydrogens is 197 g/mol. The molecule has 76 valence electrons. The lowest BCUT2D eigenvalue weighted by Gasteiger charge is -2.09. The van der Waals surface area contributed by atoms with Crippen molar-refractivity contribution < 1.29 is 4.39 Å². The van der Waals surface area contributed by atoms with E-state index in [1.54, 1.807) is 7.05 Å². The lowest BCUT2D eigenvalue weighted by Crippen LogP contribution is -2.13. The molecule has 0 saturated carbocycles. The van der Waals surface area contributed by atoms with Crippen LogP contribution in [0.15, 0.2) is 23.1 Å². The summed E-state index contributed by atoms with van der Waals surface area (Å²) >= 11 is 1.86. The lowest BCUT2D eigenvalue weighted by atomic mass is 10.1. The van der Waals surface area contributed by atoms with Gasteiger partial charge in [0.05, 0.1) is 0 Å². The predicted octanol–water partition coefficient (Wildman–Crippen LogP) is 2.56. The van der Waals surface area contributed by atoms with Crippen molar-refractivity contribution in [3.05, 3.63) is 29.3 Å². The molecule has 0 saturated heterocycles. The fraction of sp³-hybridized carbons (Fsp3) is 0.455. The van der Waals surface area contributed by atoms with Gasteiger partial charge in [-0.25, -0.2) is 4.39 Å². The van der Waals surface area contributed by atoms with Gasteiger partial charge < -0.3 is 5.32 Å². The third-order valence-corrected chi connectivity index (χ3v) is 3.58. The zero-order chi connectivity index (χ0) is 9.97. The number of aryl methyl sites for hydroxylation is 1. The van der Waals surface area contributed by atoms with Crippen molar-refractivity contribution in [2.24, 2.45) is 0 Å². The van der Waals surface area contributed by atoms with Crippen LogP contribution < -0.4 is 5.32 Å². The van der Waals surface area contributed by atoms with E-state index in [4.69, 9.17) is 0 Å². The molecule has 0 spiro atoms. The molecule has 0 fully saturated rings.